The molecule has 0 radical (unpaired) electrons. The van der Waals surface area contributed by atoms with Gasteiger partial charge >= 0.3 is 0 Å². The van der Waals surface area contributed by atoms with E-state index >= 15 is 0 Å². The molecule has 0 aliphatic carbocycles. The smallest absolute Gasteiger partial charge is 0.243 e. The number of para-hydroxylation sites is 1. The maximum absolute atomic E-state index is 12.0. The predicted octanol–water partition coefficient (Wildman–Crippen LogP) is 2.98. The first-order valence-corrected chi connectivity index (χ1v) is 10.3. The van der Waals surface area contributed by atoms with Crippen molar-refractivity contribution in [3.05, 3.63) is 65.7 Å². The van der Waals surface area contributed by atoms with E-state index in [4.69, 9.17) is 0 Å². The SMILES string of the molecule is CN=C(NCC(=O)Nc1ccccc1)NCc1ccc(CN2CCCCC2)cc1. The summed E-state index contributed by atoms with van der Waals surface area (Å²) in [6.45, 7) is 4.27. The lowest BCUT2D eigenvalue weighted by atomic mass is 10.1. The van der Waals surface area contributed by atoms with Crippen LogP contribution >= 0.6 is 0 Å². The number of carbonyl (C=O) groups excluding carboxylic acids is 1. The molecular formula is C23H31N5O. The van der Waals surface area contributed by atoms with Gasteiger partial charge in [0.25, 0.3) is 0 Å². The second-order valence-electron chi connectivity index (χ2n) is 7.35. The number of nitrogens with one attached hydrogen (secondary N) is 3. The minimum atomic E-state index is -0.110. The van der Waals surface area contributed by atoms with Gasteiger partial charge in [0, 0.05) is 25.8 Å². The zero-order valence-corrected chi connectivity index (χ0v) is 17.2. The van der Waals surface area contributed by atoms with Crippen LogP contribution in [0.3, 0.4) is 0 Å². The molecule has 3 N–H and O–H groups in total. The van der Waals surface area contributed by atoms with E-state index in [-0.39, 0.29) is 12.5 Å². The van der Waals surface area contributed by atoms with E-state index in [0.717, 1.165) is 12.2 Å². The third-order valence-electron chi connectivity index (χ3n) is 5.04. The van der Waals surface area contributed by atoms with E-state index in [1.165, 1.54) is 43.5 Å². The van der Waals surface area contributed by atoms with E-state index in [0.29, 0.717) is 12.5 Å². The molecule has 6 heteroatoms. The molecule has 0 saturated carbocycles. The van der Waals surface area contributed by atoms with Crippen LogP contribution in [-0.2, 0) is 17.9 Å². The molecule has 0 atom stereocenters. The van der Waals surface area contributed by atoms with Crippen molar-refractivity contribution in [3.8, 4) is 0 Å². The van der Waals surface area contributed by atoms with Crippen molar-refractivity contribution < 1.29 is 4.79 Å². The molecule has 1 saturated heterocycles. The standard InChI is InChI=1S/C23H31N5O/c1-24-23(26-17-22(29)27-21-8-4-2-5-9-21)25-16-19-10-12-20(13-11-19)18-28-14-6-3-7-15-28/h2,4-5,8-13H,3,6-7,14-18H2,1H3,(H,27,29)(H2,24,25,26). The molecular weight excluding hydrogens is 362 g/mol. The first-order valence-electron chi connectivity index (χ1n) is 10.3. The van der Waals surface area contributed by atoms with E-state index in [9.17, 15) is 4.79 Å². The van der Waals surface area contributed by atoms with Gasteiger partial charge in [-0.15, -0.1) is 0 Å². The molecule has 154 valence electrons. The molecule has 1 fully saturated rings. The summed E-state index contributed by atoms with van der Waals surface area (Å²) in [5.41, 5.74) is 3.33. The van der Waals surface area contributed by atoms with Crippen molar-refractivity contribution in [1.82, 2.24) is 15.5 Å². The van der Waals surface area contributed by atoms with E-state index in [1.807, 2.05) is 30.3 Å². The molecule has 29 heavy (non-hydrogen) atoms. The fourth-order valence-electron chi connectivity index (χ4n) is 3.44. The minimum Gasteiger partial charge on any atom is -0.352 e. The summed E-state index contributed by atoms with van der Waals surface area (Å²) < 4.78 is 0. The second kappa shape index (κ2) is 11.2. The van der Waals surface area contributed by atoms with Crippen molar-refractivity contribution in [2.45, 2.75) is 32.4 Å². The molecule has 6 nitrogen and oxygen atoms in total. The summed E-state index contributed by atoms with van der Waals surface area (Å²) in [6.07, 6.45) is 4.00. The lowest BCUT2D eigenvalue weighted by molar-refractivity contribution is -0.115. The Morgan fingerprint density at radius 1 is 0.931 bits per heavy atom. The van der Waals surface area contributed by atoms with Gasteiger partial charge in [-0.3, -0.25) is 14.7 Å². The van der Waals surface area contributed by atoms with Crippen LogP contribution in [0, 0.1) is 0 Å². The fraction of sp³-hybridized carbons (Fsp3) is 0.391. The normalized spacial score (nSPS) is 15.0. The molecule has 1 aliphatic heterocycles. The van der Waals surface area contributed by atoms with Crippen molar-refractivity contribution in [2.75, 3.05) is 32.0 Å². The van der Waals surface area contributed by atoms with Gasteiger partial charge in [0.05, 0.1) is 6.54 Å². The maximum Gasteiger partial charge on any atom is 0.243 e. The first-order chi connectivity index (χ1) is 14.2. The zero-order valence-electron chi connectivity index (χ0n) is 17.2. The highest BCUT2D eigenvalue weighted by atomic mass is 16.1. The van der Waals surface area contributed by atoms with Crippen molar-refractivity contribution in [3.63, 3.8) is 0 Å². The Morgan fingerprint density at radius 2 is 1.62 bits per heavy atom. The summed E-state index contributed by atoms with van der Waals surface area (Å²) in [5, 5.41) is 9.15. The summed E-state index contributed by atoms with van der Waals surface area (Å²) in [4.78, 5) is 18.8. The number of guanidine groups is 1. The number of rotatable bonds is 7. The lowest BCUT2D eigenvalue weighted by Crippen LogP contribution is -2.41. The third kappa shape index (κ3) is 7.23. The van der Waals surface area contributed by atoms with Gasteiger partial charge in [-0.05, 0) is 49.2 Å². The van der Waals surface area contributed by atoms with Gasteiger partial charge in [-0.2, -0.15) is 0 Å². The van der Waals surface area contributed by atoms with Gasteiger partial charge in [-0.1, -0.05) is 48.9 Å². The average Bonchev–Trinajstić information content (AvgIpc) is 2.76. The number of amides is 1. The van der Waals surface area contributed by atoms with Crippen LogP contribution in [0.15, 0.2) is 59.6 Å². The Hall–Kier alpha value is -2.86. The van der Waals surface area contributed by atoms with Crippen LogP contribution in [0.2, 0.25) is 0 Å². The summed E-state index contributed by atoms with van der Waals surface area (Å²) in [6, 6.07) is 18.1. The molecule has 1 aliphatic rings. The number of hydrogen-bond acceptors (Lipinski definition) is 3. The molecule has 0 aromatic heterocycles. The molecule has 0 spiro atoms. The Kier molecular flexibility index (Phi) is 8.07. The van der Waals surface area contributed by atoms with Crippen molar-refractivity contribution in [1.29, 1.82) is 0 Å². The average molecular weight is 394 g/mol. The number of hydrogen-bond donors (Lipinski definition) is 3. The highest BCUT2D eigenvalue weighted by Crippen LogP contribution is 2.13. The van der Waals surface area contributed by atoms with Gasteiger partial charge in [0.1, 0.15) is 0 Å². The molecule has 1 amide bonds. The van der Waals surface area contributed by atoms with Crippen LogP contribution < -0.4 is 16.0 Å². The molecule has 3 rings (SSSR count). The summed E-state index contributed by atoms with van der Waals surface area (Å²) in [7, 11) is 1.70. The number of anilines is 1. The van der Waals surface area contributed by atoms with Crippen LogP contribution in [0.25, 0.3) is 0 Å². The van der Waals surface area contributed by atoms with Crippen molar-refractivity contribution in [2.24, 2.45) is 4.99 Å². The number of nitrogens with zero attached hydrogens (tertiary/aromatic N) is 2. The Morgan fingerprint density at radius 3 is 2.31 bits per heavy atom. The number of piperidine rings is 1. The van der Waals surface area contributed by atoms with Crippen LogP contribution in [0.1, 0.15) is 30.4 Å². The topological polar surface area (TPSA) is 68.8 Å². The number of benzene rings is 2. The predicted molar refractivity (Wildman–Crippen MR) is 119 cm³/mol. The number of carbonyl (C=O) groups is 1. The van der Waals surface area contributed by atoms with Gasteiger partial charge < -0.3 is 16.0 Å². The highest BCUT2D eigenvalue weighted by Gasteiger charge is 2.10. The van der Waals surface area contributed by atoms with Crippen LogP contribution in [0.4, 0.5) is 5.69 Å². The lowest BCUT2D eigenvalue weighted by Gasteiger charge is -2.26. The molecule has 2 aromatic carbocycles. The quantitative estimate of drug-likeness (QED) is 0.500. The molecule has 0 bridgehead atoms. The third-order valence-corrected chi connectivity index (χ3v) is 5.04. The van der Waals surface area contributed by atoms with Gasteiger partial charge in [0.2, 0.25) is 5.91 Å². The Bertz CT molecular complexity index is 783. The number of likely N-dealkylation sites (tertiary alicyclic amines) is 1. The minimum absolute atomic E-state index is 0.110. The van der Waals surface area contributed by atoms with E-state index in [1.54, 1.807) is 7.05 Å². The van der Waals surface area contributed by atoms with Gasteiger partial charge in [-0.25, -0.2) is 0 Å². The van der Waals surface area contributed by atoms with E-state index in [2.05, 4.69) is 50.1 Å². The maximum atomic E-state index is 12.0. The van der Waals surface area contributed by atoms with E-state index < -0.39 is 0 Å². The highest BCUT2D eigenvalue weighted by molar-refractivity contribution is 5.94. The first kappa shape index (κ1) is 20.9. The molecule has 0 unspecified atom stereocenters. The molecule has 2 aromatic rings. The summed E-state index contributed by atoms with van der Waals surface area (Å²) >= 11 is 0. The Labute approximate surface area is 173 Å². The largest absolute Gasteiger partial charge is 0.352 e. The number of aliphatic imine (C=N–C) groups is 1. The zero-order chi connectivity index (χ0) is 20.3. The Balaban J connectivity index is 1.40. The fourth-order valence-corrected chi connectivity index (χ4v) is 3.44. The van der Waals surface area contributed by atoms with Gasteiger partial charge in [0.15, 0.2) is 5.96 Å². The van der Waals surface area contributed by atoms with Crippen LogP contribution in [-0.4, -0.2) is 43.4 Å². The summed E-state index contributed by atoms with van der Waals surface area (Å²) in [5.74, 6) is 0.492. The van der Waals surface area contributed by atoms with Crippen molar-refractivity contribution >= 4 is 17.6 Å². The second-order valence-corrected chi connectivity index (χ2v) is 7.35. The monoisotopic (exact) mass is 393 g/mol. The van der Waals surface area contributed by atoms with Crippen LogP contribution in [0.5, 0.6) is 0 Å². The molecule has 1 heterocycles.